The standard InChI is InChI=1S/C25H32N2O2S/c1-24(2,3)15-21(28)26-19-9-7-8-17(14-19)23-27(22(29)16-30-23)20-12-10-18(11-13-20)25(4,5)6/h7-14,23H,15-16H2,1-6H3,(H,26,28)/t23-/m1/s1. The topological polar surface area (TPSA) is 49.4 Å². The molecule has 1 atom stereocenters. The molecule has 4 nitrogen and oxygen atoms in total. The molecule has 0 aromatic heterocycles. The summed E-state index contributed by atoms with van der Waals surface area (Å²) in [5.74, 6) is 0.562. The van der Waals surface area contributed by atoms with Crippen molar-refractivity contribution in [2.45, 2.75) is 58.8 Å². The molecule has 0 aliphatic carbocycles. The van der Waals surface area contributed by atoms with E-state index in [1.54, 1.807) is 11.8 Å². The third kappa shape index (κ3) is 5.45. The number of nitrogens with zero attached hydrogens (tertiary/aromatic N) is 1. The van der Waals surface area contributed by atoms with Gasteiger partial charge in [-0.1, -0.05) is 65.8 Å². The highest BCUT2D eigenvalue weighted by Crippen LogP contribution is 2.42. The first-order chi connectivity index (χ1) is 13.9. The number of carbonyl (C=O) groups excluding carboxylic acids is 2. The van der Waals surface area contributed by atoms with E-state index < -0.39 is 0 Å². The summed E-state index contributed by atoms with van der Waals surface area (Å²) >= 11 is 1.62. The van der Waals surface area contributed by atoms with Gasteiger partial charge in [-0.2, -0.15) is 0 Å². The van der Waals surface area contributed by atoms with Gasteiger partial charge in [0, 0.05) is 17.8 Å². The predicted octanol–water partition coefficient (Wildman–Crippen LogP) is 6.14. The van der Waals surface area contributed by atoms with E-state index in [-0.39, 0.29) is 28.0 Å². The average Bonchev–Trinajstić information content (AvgIpc) is 3.01. The van der Waals surface area contributed by atoms with E-state index in [4.69, 9.17) is 0 Å². The van der Waals surface area contributed by atoms with Gasteiger partial charge in [-0.25, -0.2) is 0 Å². The molecule has 1 saturated heterocycles. The van der Waals surface area contributed by atoms with Crippen LogP contribution in [0.15, 0.2) is 48.5 Å². The highest BCUT2D eigenvalue weighted by atomic mass is 32.2. The highest BCUT2D eigenvalue weighted by molar-refractivity contribution is 8.00. The molecule has 1 N–H and O–H groups in total. The molecule has 1 fully saturated rings. The lowest BCUT2D eigenvalue weighted by molar-refractivity contribution is -0.118. The summed E-state index contributed by atoms with van der Waals surface area (Å²) in [6.07, 6.45) is 0.458. The van der Waals surface area contributed by atoms with Crippen molar-refractivity contribution in [1.82, 2.24) is 0 Å². The van der Waals surface area contributed by atoms with Gasteiger partial charge in [-0.15, -0.1) is 11.8 Å². The first-order valence-corrected chi connectivity index (χ1v) is 11.4. The third-order valence-electron chi connectivity index (χ3n) is 5.03. The SMILES string of the molecule is CC(C)(C)CC(=O)Nc1cccc([C@H]2SCC(=O)N2c2ccc(C(C)(C)C)cc2)c1. The fourth-order valence-corrected chi connectivity index (χ4v) is 4.70. The molecule has 2 aromatic rings. The minimum atomic E-state index is -0.0996. The van der Waals surface area contributed by atoms with E-state index in [0.29, 0.717) is 12.2 Å². The van der Waals surface area contributed by atoms with Crippen LogP contribution in [0.3, 0.4) is 0 Å². The highest BCUT2D eigenvalue weighted by Gasteiger charge is 2.34. The van der Waals surface area contributed by atoms with Crippen molar-refractivity contribution in [2.75, 3.05) is 16.0 Å². The summed E-state index contributed by atoms with van der Waals surface area (Å²) in [7, 11) is 0. The van der Waals surface area contributed by atoms with Gasteiger partial charge in [0.2, 0.25) is 11.8 Å². The molecule has 1 heterocycles. The van der Waals surface area contributed by atoms with E-state index in [1.165, 1.54) is 5.56 Å². The van der Waals surface area contributed by atoms with E-state index in [1.807, 2.05) is 62.1 Å². The van der Waals surface area contributed by atoms with Crippen LogP contribution in [0.5, 0.6) is 0 Å². The largest absolute Gasteiger partial charge is 0.326 e. The zero-order valence-corrected chi connectivity index (χ0v) is 19.6. The molecule has 0 unspecified atom stereocenters. The van der Waals surface area contributed by atoms with Crippen LogP contribution >= 0.6 is 11.8 Å². The van der Waals surface area contributed by atoms with Crippen LogP contribution in [0.1, 0.15) is 64.5 Å². The number of nitrogens with one attached hydrogen (secondary N) is 1. The molecule has 1 aliphatic heterocycles. The van der Waals surface area contributed by atoms with Crippen molar-refractivity contribution in [2.24, 2.45) is 5.41 Å². The summed E-state index contributed by atoms with van der Waals surface area (Å²) in [5, 5.41) is 2.90. The molecule has 160 valence electrons. The van der Waals surface area contributed by atoms with Gasteiger partial charge >= 0.3 is 0 Å². The Morgan fingerprint density at radius 1 is 1.07 bits per heavy atom. The molecule has 0 saturated carbocycles. The van der Waals surface area contributed by atoms with Crippen molar-refractivity contribution in [3.05, 3.63) is 59.7 Å². The first-order valence-electron chi connectivity index (χ1n) is 10.4. The number of carbonyl (C=O) groups is 2. The van der Waals surface area contributed by atoms with Gasteiger partial charge in [0.15, 0.2) is 0 Å². The molecule has 0 spiro atoms. The Balaban J connectivity index is 1.82. The number of anilines is 2. The molecule has 3 rings (SSSR count). The van der Waals surface area contributed by atoms with Gasteiger partial charge in [0.25, 0.3) is 0 Å². The van der Waals surface area contributed by atoms with Crippen LogP contribution in [-0.2, 0) is 15.0 Å². The second-order valence-electron chi connectivity index (χ2n) is 10.1. The molecule has 2 aromatic carbocycles. The van der Waals surface area contributed by atoms with Gasteiger partial charge in [-0.05, 0) is 46.2 Å². The number of hydrogen-bond acceptors (Lipinski definition) is 3. The number of thioether (sulfide) groups is 1. The quantitative estimate of drug-likeness (QED) is 0.641. The zero-order chi connectivity index (χ0) is 22.1. The zero-order valence-electron chi connectivity index (χ0n) is 18.8. The van der Waals surface area contributed by atoms with Crippen molar-refractivity contribution >= 4 is 35.0 Å². The lowest BCUT2D eigenvalue weighted by Crippen LogP contribution is -2.28. The van der Waals surface area contributed by atoms with E-state index >= 15 is 0 Å². The van der Waals surface area contributed by atoms with Crippen molar-refractivity contribution < 1.29 is 9.59 Å². The fraction of sp³-hybridized carbons (Fsp3) is 0.440. The van der Waals surface area contributed by atoms with Crippen LogP contribution < -0.4 is 10.2 Å². The number of benzene rings is 2. The monoisotopic (exact) mass is 424 g/mol. The normalized spacial score (nSPS) is 17.3. The molecule has 30 heavy (non-hydrogen) atoms. The van der Waals surface area contributed by atoms with Crippen LogP contribution in [0, 0.1) is 5.41 Å². The molecule has 1 aliphatic rings. The fourth-order valence-electron chi connectivity index (χ4n) is 3.53. The van der Waals surface area contributed by atoms with Crippen molar-refractivity contribution in [3.8, 4) is 0 Å². The van der Waals surface area contributed by atoms with Crippen LogP contribution in [-0.4, -0.2) is 17.6 Å². The number of amides is 2. The van der Waals surface area contributed by atoms with E-state index in [9.17, 15) is 9.59 Å². The first kappa shape index (κ1) is 22.4. The minimum absolute atomic E-state index is 0.00410. The predicted molar refractivity (Wildman–Crippen MR) is 127 cm³/mol. The summed E-state index contributed by atoms with van der Waals surface area (Å²) in [5.41, 5.74) is 3.94. The Kier molecular flexibility index (Phi) is 6.32. The lowest BCUT2D eigenvalue weighted by Gasteiger charge is -2.26. The smallest absolute Gasteiger partial charge is 0.238 e. The van der Waals surface area contributed by atoms with E-state index in [2.05, 4.69) is 38.2 Å². The van der Waals surface area contributed by atoms with Crippen LogP contribution in [0.25, 0.3) is 0 Å². The Morgan fingerprint density at radius 2 is 1.73 bits per heavy atom. The number of hydrogen-bond donors (Lipinski definition) is 1. The summed E-state index contributed by atoms with van der Waals surface area (Å²) in [6, 6.07) is 16.1. The number of rotatable bonds is 4. The van der Waals surface area contributed by atoms with Gasteiger partial charge in [0.05, 0.1) is 5.75 Å². The third-order valence-corrected chi connectivity index (χ3v) is 6.24. The summed E-state index contributed by atoms with van der Waals surface area (Å²) in [4.78, 5) is 26.9. The van der Waals surface area contributed by atoms with E-state index in [0.717, 1.165) is 16.9 Å². The summed E-state index contributed by atoms with van der Waals surface area (Å²) in [6.45, 7) is 12.7. The Labute approximate surface area is 184 Å². The lowest BCUT2D eigenvalue weighted by atomic mass is 9.87. The van der Waals surface area contributed by atoms with Crippen molar-refractivity contribution in [3.63, 3.8) is 0 Å². The average molecular weight is 425 g/mol. The van der Waals surface area contributed by atoms with Gasteiger partial charge in [0.1, 0.15) is 5.37 Å². The Bertz CT molecular complexity index is 923. The summed E-state index contributed by atoms with van der Waals surface area (Å²) < 4.78 is 0. The molecule has 0 bridgehead atoms. The minimum Gasteiger partial charge on any atom is -0.326 e. The van der Waals surface area contributed by atoms with Gasteiger partial charge in [-0.3, -0.25) is 14.5 Å². The second-order valence-corrected chi connectivity index (χ2v) is 11.2. The van der Waals surface area contributed by atoms with Crippen LogP contribution in [0.2, 0.25) is 0 Å². The Hall–Kier alpha value is -2.27. The van der Waals surface area contributed by atoms with Crippen molar-refractivity contribution in [1.29, 1.82) is 0 Å². The molecular weight excluding hydrogens is 392 g/mol. The molecule has 0 radical (unpaired) electrons. The maximum atomic E-state index is 12.7. The molecular formula is C25H32N2O2S. The molecule has 2 amide bonds. The van der Waals surface area contributed by atoms with Gasteiger partial charge < -0.3 is 5.32 Å². The Morgan fingerprint density at radius 3 is 2.33 bits per heavy atom. The maximum absolute atomic E-state index is 12.7. The van der Waals surface area contributed by atoms with Crippen LogP contribution in [0.4, 0.5) is 11.4 Å². The second kappa shape index (κ2) is 8.46. The molecule has 5 heteroatoms. The maximum Gasteiger partial charge on any atom is 0.238 e.